The first-order chi connectivity index (χ1) is 6.41. The number of alkyl halides is 3. The Balaban J connectivity index is 2.26. The minimum absolute atomic E-state index is 0.112. The maximum Gasteiger partial charge on any atom is 0.398 e. The van der Waals surface area contributed by atoms with Crippen LogP contribution in [-0.2, 0) is 0 Å². The zero-order chi connectivity index (χ0) is 10.6. The average molecular weight is 222 g/mol. The molecule has 2 bridgehead atoms. The molecule has 0 heterocycles. The van der Waals surface area contributed by atoms with Crippen molar-refractivity contribution < 1.29 is 13.2 Å². The van der Waals surface area contributed by atoms with Gasteiger partial charge in [0.2, 0.25) is 0 Å². The van der Waals surface area contributed by atoms with Crippen LogP contribution in [0.15, 0.2) is 11.4 Å². The van der Waals surface area contributed by atoms with Crippen molar-refractivity contribution >= 4 is 8.58 Å². The molecule has 3 aliphatic rings. The minimum atomic E-state index is -4.03. The van der Waals surface area contributed by atoms with Crippen LogP contribution in [-0.4, -0.2) is 12.8 Å². The molecule has 80 valence electrons. The standard InChI is InChI=1S/C10H14F3P/c1-6(14-2)5-9(10(11,12)13)7-3-8(9)4-7/h5,7-8,14H,3-4H2,1-2H3/b6-5-. The van der Waals surface area contributed by atoms with E-state index in [2.05, 4.69) is 0 Å². The molecule has 3 rings (SSSR count). The smallest absolute Gasteiger partial charge is 0.170 e. The van der Waals surface area contributed by atoms with Crippen LogP contribution in [0, 0.1) is 17.3 Å². The summed E-state index contributed by atoms with van der Waals surface area (Å²) in [5.41, 5.74) is -1.42. The van der Waals surface area contributed by atoms with E-state index in [0.717, 1.165) is 18.2 Å². The van der Waals surface area contributed by atoms with Crippen molar-refractivity contribution in [2.45, 2.75) is 25.9 Å². The van der Waals surface area contributed by atoms with Crippen molar-refractivity contribution in [3.63, 3.8) is 0 Å². The van der Waals surface area contributed by atoms with E-state index in [1.54, 1.807) is 0 Å². The molecule has 0 aromatic heterocycles. The van der Waals surface area contributed by atoms with Gasteiger partial charge < -0.3 is 0 Å². The molecule has 0 amide bonds. The predicted octanol–water partition coefficient (Wildman–Crippen LogP) is 3.79. The van der Waals surface area contributed by atoms with Crippen molar-refractivity contribution in [2.75, 3.05) is 6.66 Å². The van der Waals surface area contributed by atoms with E-state index in [1.807, 2.05) is 13.6 Å². The Morgan fingerprint density at radius 2 is 1.86 bits per heavy atom. The Hall–Kier alpha value is -0.0400. The maximum absolute atomic E-state index is 12.9. The van der Waals surface area contributed by atoms with E-state index in [-0.39, 0.29) is 11.8 Å². The van der Waals surface area contributed by atoms with E-state index in [0.29, 0.717) is 8.58 Å². The minimum Gasteiger partial charge on any atom is -0.170 e. The molecule has 3 fully saturated rings. The Morgan fingerprint density at radius 3 is 2.07 bits per heavy atom. The first kappa shape index (κ1) is 10.5. The van der Waals surface area contributed by atoms with Gasteiger partial charge in [0.15, 0.2) is 0 Å². The summed E-state index contributed by atoms with van der Waals surface area (Å²) in [7, 11) is 0.492. The first-order valence-corrected chi connectivity index (χ1v) is 6.35. The lowest BCUT2D eigenvalue weighted by atomic mass is 9.38. The fraction of sp³-hybridized carbons (Fsp3) is 0.800. The molecule has 0 aromatic carbocycles. The summed E-state index contributed by atoms with van der Waals surface area (Å²) in [6.45, 7) is 3.74. The van der Waals surface area contributed by atoms with Crippen LogP contribution < -0.4 is 0 Å². The van der Waals surface area contributed by atoms with Crippen LogP contribution in [0.3, 0.4) is 0 Å². The van der Waals surface area contributed by atoms with Gasteiger partial charge in [-0.05, 0) is 38.3 Å². The molecule has 0 nitrogen and oxygen atoms in total. The van der Waals surface area contributed by atoms with Crippen LogP contribution >= 0.6 is 8.58 Å². The molecule has 1 atom stereocenters. The molecule has 4 heteroatoms. The lowest BCUT2D eigenvalue weighted by Crippen LogP contribution is -2.66. The summed E-state index contributed by atoms with van der Waals surface area (Å²) in [6, 6.07) is 0. The van der Waals surface area contributed by atoms with Gasteiger partial charge in [-0.2, -0.15) is 13.2 Å². The van der Waals surface area contributed by atoms with Gasteiger partial charge in [-0.1, -0.05) is 20.0 Å². The predicted molar refractivity (Wildman–Crippen MR) is 52.7 cm³/mol. The summed E-state index contributed by atoms with van der Waals surface area (Å²) in [6.07, 6.45) is -0.945. The second-order valence-electron chi connectivity index (χ2n) is 4.37. The number of hydrogen-bond donors (Lipinski definition) is 0. The van der Waals surface area contributed by atoms with E-state index < -0.39 is 11.6 Å². The molecule has 3 saturated carbocycles. The summed E-state index contributed by atoms with van der Waals surface area (Å²) in [4.78, 5) is 0. The van der Waals surface area contributed by atoms with E-state index in [1.165, 1.54) is 6.08 Å². The molecular weight excluding hydrogens is 208 g/mol. The molecule has 3 aliphatic carbocycles. The lowest BCUT2D eigenvalue weighted by molar-refractivity contribution is -0.331. The number of halogens is 3. The van der Waals surface area contributed by atoms with Crippen LogP contribution in [0.4, 0.5) is 13.2 Å². The summed E-state index contributed by atoms with van der Waals surface area (Å²) in [5.74, 6) is -0.224. The first-order valence-electron chi connectivity index (χ1n) is 4.85. The summed E-state index contributed by atoms with van der Waals surface area (Å²) >= 11 is 0. The zero-order valence-electron chi connectivity index (χ0n) is 8.28. The third kappa shape index (κ3) is 1.11. The van der Waals surface area contributed by atoms with Gasteiger partial charge in [0.25, 0.3) is 0 Å². The van der Waals surface area contributed by atoms with Crippen molar-refractivity contribution in [3.05, 3.63) is 11.4 Å². The molecule has 0 radical (unpaired) electrons. The van der Waals surface area contributed by atoms with Gasteiger partial charge >= 0.3 is 6.18 Å². The van der Waals surface area contributed by atoms with Gasteiger partial charge in [0, 0.05) is 0 Å². The molecule has 0 N–H and O–H groups in total. The Bertz CT molecular complexity index is 266. The maximum atomic E-state index is 12.9. The van der Waals surface area contributed by atoms with Crippen LogP contribution in [0.25, 0.3) is 0 Å². The summed E-state index contributed by atoms with van der Waals surface area (Å²) < 4.78 is 38.7. The average Bonchev–Trinajstić information content (AvgIpc) is 1.91. The third-order valence-electron chi connectivity index (χ3n) is 3.83. The van der Waals surface area contributed by atoms with Crippen molar-refractivity contribution in [1.29, 1.82) is 0 Å². The Kier molecular flexibility index (Phi) is 2.23. The normalized spacial score (nSPS) is 42.5. The fourth-order valence-corrected chi connectivity index (χ4v) is 3.00. The van der Waals surface area contributed by atoms with Crippen molar-refractivity contribution in [1.82, 2.24) is 0 Å². The quantitative estimate of drug-likeness (QED) is 0.623. The fourth-order valence-electron chi connectivity index (χ4n) is 2.62. The SMILES string of the molecule is CP/C(C)=C\C1(C(F)(F)F)C2CC1C2. The van der Waals surface area contributed by atoms with Gasteiger partial charge in [-0.3, -0.25) is 0 Å². The topological polar surface area (TPSA) is 0 Å². The third-order valence-corrected chi connectivity index (χ3v) is 4.76. The van der Waals surface area contributed by atoms with Crippen molar-refractivity contribution in [3.8, 4) is 0 Å². The molecule has 14 heavy (non-hydrogen) atoms. The number of rotatable bonds is 2. The zero-order valence-corrected chi connectivity index (χ0v) is 9.28. The second kappa shape index (κ2) is 2.98. The Morgan fingerprint density at radius 1 is 1.36 bits per heavy atom. The van der Waals surface area contributed by atoms with Crippen molar-refractivity contribution in [2.24, 2.45) is 17.3 Å². The Labute approximate surface area is 83.7 Å². The highest BCUT2D eigenvalue weighted by atomic mass is 31.1. The van der Waals surface area contributed by atoms with Crippen LogP contribution in [0.1, 0.15) is 19.8 Å². The highest BCUT2D eigenvalue weighted by Gasteiger charge is 2.75. The van der Waals surface area contributed by atoms with Gasteiger partial charge in [-0.25, -0.2) is 0 Å². The molecule has 0 aromatic rings. The van der Waals surface area contributed by atoms with E-state index in [4.69, 9.17) is 0 Å². The molecule has 0 saturated heterocycles. The molecular formula is C10H14F3P. The second-order valence-corrected chi connectivity index (χ2v) is 5.66. The summed E-state index contributed by atoms with van der Waals surface area (Å²) in [5, 5.41) is 0.900. The number of allylic oxidation sites excluding steroid dienone is 2. The van der Waals surface area contributed by atoms with Crippen LogP contribution in [0.5, 0.6) is 0 Å². The van der Waals surface area contributed by atoms with Gasteiger partial charge in [-0.15, -0.1) is 0 Å². The van der Waals surface area contributed by atoms with E-state index >= 15 is 0 Å². The molecule has 1 unspecified atom stereocenters. The number of hydrogen-bond acceptors (Lipinski definition) is 0. The lowest BCUT2D eigenvalue weighted by Gasteiger charge is -2.66. The monoisotopic (exact) mass is 222 g/mol. The highest BCUT2D eigenvalue weighted by molar-refractivity contribution is 7.42. The molecule has 0 aliphatic heterocycles. The van der Waals surface area contributed by atoms with Crippen LogP contribution in [0.2, 0.25) is 0 Å². The largest absolute Gasteiger partial charge is 0.398 e. The highest BCUT2D eigenvalue weighted by Crippen LogP contribution is 2.74. The van der Waals surface area contributed by atoms with Gasteiger partial charge in [0.1, 0.15) is 0 Å². The molecule has 0 spiro atoms. The van der Waals surface area contributed by atoms with Gasteiger partial charge in [0.05, 0.1) is 5.41 Å². The van der Waals surface area contributed by atoms with E-state index in [9.17, 15) is 13.2 Å².